The Hall–Kier alpha value is -3.23. The number of hydrogen-bond acceptors (Lipinski definition) is 6. The van der Waals surface area contributed by atoms with Gasteiger partial charge in [-0.2, -0.15) is 15.1 Å². The molecule has 1 unspecified atom stereocenters. The third-order valence-electron chi connectivity index (χ3n) is 4.70. The molecule has 0 amide bonds. The lowest BCUT2D eigenvalue weighted by molar-refractivity contribution is 0.566. The summed E-state index contributed by atoms with van der Waals surface area (Å²) in [4.78, 5) is 8.32. The number of anilines is 4. The van der Waals surface area contributed by atoms with Gasteiger partial charge in [0.1, 0.15) is 23.3 Å². The van der Waals surface area contributed by atoms with Crippen LogP contribution >= 0.6 is 0 Å². The Kier molecular flexibility index (Phi) is 4.58. The van der Waals surface area contributed by atoms with Gasteiger partial charge in [0, 0.05) is 42.4 Å². The Morgan fingerprint density at radius 1 is 1.11 bits per heavy atom. The third-order valence-corrected chi connectivity index (χ3v) is 4.70. The van der Waals surface area contributed by atoms with Crippen LogP contribution in [0.2, 0.25) is 0 Å². The summed E-state index contributed by atoms with van der Waals surface area (Å²) in [6, 6.07) is 6.70. The summed E-state index contributed by atoms with van der Waals surface area (Å²) in [6.07, 6.45) is 2.37. The summed E-state index contributed by atoms with van der Waals surface area (Å²) in [5.41, 5.74) is 7.33. The van der Waals surface area contributed by atoms with Crippen molar-refractivity contribution >= 4 is 23.4 Å². The lowest BCUT2D eigenvalue weighted by atomic mass is 10.1. The lowest BCUT2D eigenvalue weighted by Gasteiger charge is -2.16. The van der Waals surface area contributed by atoms with Crippen LogP contribution in [0.15, 0.2) is 30.3 Å². The number of halogens is 2. The van der Waals surface area contributed by atoms with E-state index in [1.54, 1.807) is 13.0 Å². The molecule has 1 aliphatic rings. The molecule has 4 rings (SSSR count). The minimum Gasteiger partial charge on any atom is -0.368 e. The summed E-state index contributed by atoms with van der Waals surface area (Å²) in [7, 11) is 1.92. The normalized spacial score (nSPS) is 14.7. The number of rotatable bonds is 6. The van der Waals surface area contributed by atoms with Crippen molar-refractivity contribution in [2.75, 3.05) is 16.4 Å². The molecular formula is C19H21F2N7. The van der Waals surface area contributed by atoms with Crippen molar-refractivity contribution in [3.05, 3.63) is 53.2 Å². The SMILES string of the molecule is CC(Nc1cc(Nc2cc(C3CC3)n(C)n2)nc(N)n1)c1ccc(F)cc1F. The number of aryl methyl sites for hydroxylation is 1. The largest absolute Gasteiger partial charge is 0.368 e. The molecule has 3 aromatic rings. The van der Waals surface area contributed by atoms with Crippen molar-refractivity contribution in [3.63, 3.8) is 0 Å². The molecule has 1 aromatic carbocycles. The van der Waals surface area contributed by atoms with Crippen molar-refractivity contribution in [2.24, 2.45) is 7.05 Å². The maximum Gasteiger partial charge on any atom is 0.223 e. The van der Waals surface area contributed by atoms with E-state index in [2.05, 4.69) is 25.7 Å². The molecule has 7 nitrogen and oxygen atoms in total. The first-order chi connectivity index (χ1) is 13.4. The predicted octanol–water partition coefficient (Wildman–Crippen LogP) is 3.86. The summed E-state index contributed by atoms with van der Waals surface area (Å²) in [5, 5.41) is 10.7. The van der Waals surface area contributed by atoms with Crippen LogP contribution in [0.5, 0.6) is 0 Å². The van der Waals surface area contributed by atoms with E-state index in [1.165, 1.54) is 30.7 Å². The molecule has 2 aromatic heterocycles. The average molecular weight is 385 g/mol. The van der Waals surface area contributed by atoms with Crippen LogP contribution in [0, 0.1) is 11.6 Å². The average Bonchev–Trinajstić information content (AvgIpc) is 3.37. The lowest BCUT2D eigenvalue weighted by Crippen LogP contribution is -2.12. The Labute approximate surface area is 161 Å². The molecule has 1 saturated carbocycles. The number of nitrogen functional groups attached to an aromatic ring is 1. The maximum absolute atomic E-state index is 14.0. The number of nitrogens with zero attached hydrogens (tertiary/aromatic N) is 4. The first-order valence-electron chi connectivity index (χ1n) is 9.06. The standard InChI is InChI=1S/C19H21F2N7/c1-10(13-6-5-12(20)7-14(13)21)23-16-9-17(26-19(22)25-16)24-18-8-15(11-3-4-11)28(2)27-18/h5-11H,3-4H2,1-2H3,(H4,22,23,24,25,26,27). The Bertz CT molecular complexity index is 1010. The van der Waals surface area contributed by atoms with Crippen LogP contribution in [0.25, 0.3) is 0 Å². The van der Waals surface area contributed by atoms with E-state index >= 15 is 0 Å². The van der Waals surface area contributed by atoms with Crippen molar-refractivity contribution in [2.45, 2.75) is 31.7 Å². The van der Waals surface area contributed by atoms with Gasteiger partial charge in [0.15, 0.2) is 5.82 Å². The van der Waals surface area contributed by atoms with E-state index in [1.807, 2.05) is 17.8 Å². The summed E-state index contributed by atoms with van der Waals surface area (Å²) >= 11 is 0. The number of nitrogens with two attached hydrogens (primary N) is 1. The fourth-order valence-electron chi connectivity index (χ4n) is 3.19. The first kappa shape index (κ1) is 18.1. The van der Waals surface area contributed by atoms with Gasteiger partial charge < -0.3 is 16.4 Å². The van der Waals surface area contributed by atoms with E-state index in [0.29, 0.717) is 28.9 Å². The molecule has 146 valence electrons. The summed E-state index contributed by atoms with van der Waals surface area (Å²) in [5.74, 6) is 0.969. The van der Waals surface area contributed by atoms with Gasteiger partial charge in [0.05, 0.1) is 6.04 Å². The van der Waals surface area contributed by atoms with Gasteiger partial charge in [0.25, 0.3) is 0 Å². The molecule has 0 aliphatic heterocycles. The molecule has 1 aliphatic carbocycles. The van der Waals surface area contributed by atoms with Gasteiger partial charge in [-0.15, -0.1) is 0 Å². The Morgan fingerprint density at radius 3 is 2.57 bits per heavy atom. The third kappa shape index (κ3) is 3.88. The van der Waals surface area contributed by atoms with Crippen molar-refractivity contribution in [3.8, 4) is 0 Å². The minimum absolute atomic E-state index is 0.0672. The molecule has 28 heavy (non-hydrogen) atoms. The second-order valence-corrected chi connectivity index (χ2v) is 7.01. The summed E-state index contributed by atoms with van der Waals surface area (Å²) < 4.78 is 29.0. The molecular weight excluding hydrogens is 364 g/mol. The Balaban J connectivity index is 1.52. The highest BCUT2D eigenvalue weighted by atomic mass is 19.1. The smallest absolute Gasteiger partial charge is 0.223 e. The van der Waals surface area contributed by atoms with Gasteiger partial charge in [-0.25, -0.2) is 8.78 Å². The summed E-state index contributed by atoms with van der Waals surface area (Å²) in [6.45, 7) is 1.75. The maximum atomic E-state index is 14.0. The first-order valence-corrected chi connectivity index (χ1v) is 9.06. The molecule has 0 saturated heterocycles. The van der Waals surface area contributed by atoms with E-state index < -0.39 is 17.7 Å². The van der Waals surface area contributed by atoms with Gasteiger partial charge in [-0.3, -0.25) is 4.68 Å². The topological polar surface area (TPSA) is 93.7 Å². The van der Waals surface area contributed by atoms with Crippen LogP contribution in [-0.4, -0.2) is 19.7 Å². The molecule has 0 spiro atoms. The van der Waals surface area contributed by atoms with Crippen molar-refractivity contribution in [1.29, 1.82) is 0 Å². The van der Waals surface area contributed by atoms with E-state index in [4.69, 9.17) is 5.73 Å². The second-order valence-electron chi connectivity index (χ2n) is 7.01. The van der Waals surface area contributed by atoms with E-state index in [-0.39, 0.29) is 5.95 Å². The Morgan fingerprint density at radius 2 is 1.86 bits per heavy atom. The zero-order valence-electron chi connectivity index (χ0n) is 15.6. The van der Waals surface area contributed by atoms with Gasteiger partial charge in [-0.05, 0) is 25.8 Å². The zero-order chi connectivity index (χ0) is 19.8. The molecule has 9 heteroatoms. The number of benzene rings is 1. The fraction of sp³-hybridized carbons (Fsp3) is 0.316. The quantitative estimate of drug-likeness (QED) is 0.596. The van der Waals surface area contributed by atoms with Crippen molar-refractivity contribution < 1.29 is 8.78 Å². The van der Waals surface area contributed by atoms with Gasteiger partial charge in [0.2, 0.25) is 5.95 Å². The van der Waals surface area contributed by atoms with Crippen LogP contribution < -0.4 is 16.4 Å². The van der Waals surface area contributed by atoms with E-state index in [9.17, 15) is 8.78 Å². The van der Waals surface area contributed by atoms with E-state index in [0.717, 1.165) is 6.07 Å². The monoisotopic (exact) mass is 385 g/mol. The molecule has 1 fully saturated rings. The number of nitrogens with one attached hydrogen (secondary N) is 2. The van der Waals surface area contributed by atoms with Gasteiger partial charge in [-0.1, -0.05) is 6.07 Å². The molecule has 4 N–H and O–H groups in total. The van der Waals surface area contributed by atoms with Gasteiger partial charge >= 0.3 is 0 Å². The predicted molar refractivity (Wildman–Crippen MR) is 103 cm³/mol. The second kappa shape index (κ2) is 7.06. The zero-order valence-corrected chi connectivity index (χ0v) is 15.6. The van der Waals surface area contributed by atoms with Crippen LogP contribution in [0.3, 0.4) is 0 Å². The number of aromatic nitrogens is 4. The molecule has 1 atom stereocenters. The highest BCUT2D eigenvalue weighted by Crippen LogP contribution is 2.40. The fourth-order valence-corrected chi connectivity index (χ4v) is 3.19. The highest BCUT2D eigenvalue weighted by molar-refractivity contribution is 5.59. The van der Waals surface area contributed by atoms with Crippen LogP contribution in [0.1, 0.15) is 43.0 Å². The number of hydrogen-bond donors (Lipinski definition) is 3. The molecule has 2 heterocycles. The van der Waals surface area contributed by atoms with Crippen LogP contribution in [-0.2, 0) is 7.05 Å². The van der Waals surface area contributed by atoms with Crippen LogP contribution in [0.4, 0.5) is 32.2 Å². The molecule has 0 bridgehead atoms. The van der Waals surface area contributed by atoms with Crippen molar-refractivity contribution in [1.82, 2.24) is 19.7 Å². The molecule has 0 radical (unpaired) electrons. The highest BCUT2D eigenvalue weighted by Gasteiger charge is 2.27. The minimum atomic E-state index is -0.624.